The summed E-state index contributed by atoms with van der Waals surface area (Å²) in [7, 11) is 1.84. The zero-order chi connectivity index (χ0) is 17.7. The third-order valence-electron chi connectivity index (χ3n) is 4.57. The summed E-state index contributed by atoms with van der Waals surface area (Å²) in [5.41, 5.74) is 0.769. The van der Waals surface area contributed by atoms with Crippen LogP contribution < -0.4 is 5.32 Å². The maximum atomic E-state index is 12.5. The summed E-state index contributed by atoms with van der Waals surface area (Å²) < 4.78 is 0.861. The highest BCUT2D eigenvalue weighted by molar-refractivity contribution is 9.10. The molecule has 1 unspecified atom stereocenters. The second kappa shape index (κ2) is 10.1. The molecule has 6 nitrogen and oxygen atoms in total. The summed E-state index contributed by atoms with van der Waals surface area (Å²) >= 11 is 3.43. The van der Waals surface area contributed by atoms with Gasteiger partial charge in [-0.3, -0.25) is 19.4 Å². The van der Waals surface area contributed by atoms with Crippen LogP contribution in [0.3, 0.4) is 0 Å². The van der Waals surface area contributed by atoms with Gasteiger partial charge in [-0.25, -0.2) is 0 Å². The molecule has 0 spiro atoms. The van der Waals surface area contributed by atoms with E-state index < -0.39 is 5.97 Å². The first-order valence-corrected chi connectivity index (χ1v) is 8.89. The quantitative estimate of drug-likeness (QED) is 0.720. The number of hydrogen-bond donors (Lipinski definition) is 2. The summed E-state index contributed by atoms with van der Waals surface area (Å²) in [6.45, 7) is 3.55. The summed E-state index contributed by atoms with van der Waals surface area (Å²) in [5.74, 6) is -0.833. The van der Waals surface area contributed by atoms with E-state index in [1.807, 2.05) is 43.1 Å². The Morgan fingerprint density at radius 2 is 1.96 bits per heavy atom. The zero-order valence-corrected chi connectivity index (χ0v) is 16.8. The van der Waals surface area contributed by atoms with Gasteiger partial charge in [0.2, 0.25) is 5.91 Å². The fourth-order valence-corrected chi connectivity index (χ4v) is 3.41. The Morgan fingerprint density at radius 1 is 1.36 bits per heavy atom. The lowest BCUT2D eigenvalue weighted by Crippen LogP contribution is -2.50. The van der Waals surface area contributed by atoms with Crippen LogP contribution in [0, 0.1) is 0 Å². The molecule has 8 heteroatoms. The van der Waals surface area contributed by atoms with Gasteiger partial charge in [0.15, 0.2) is 0 Å². The summed E-state index contributed by atoms with van der Waals surface area (Å²) in [4.78, 5) is 27.3. The largest absolute Gasteiger partial charge is 0.480 e. The predicted octanol–water partition coefficient (Wildman–Crippen LogP) is 2.68. The van der Waals surface area contributed by atoms with E-state index >= 15 is 0 Å². The third kappa shape index (κ3) is 6.26. The van der Waals surface area contributed by atoms with Crippen LogP contribution in [0.25, 0.3) is 0 Å². The highest BCUT2D eigenvalue weighted by Gasteiger charge is 2.28. The van der Waals surface area contributed by atoms with Crippen LogP contribution >= 0.6 is 28.3 Å². The van der Waals surface area contributed by atoms with Gasteiger partial charge < -0.3 is 10.4 Å². The number of rotatable bonds is 6. The van der Waals surface area contributed by atoms with Gasteiger partial charge in [-0.2, -0.15) is 0 Å². The number of hydrogen-bond acceptors (Lipinski definition) is 4. The minimum Gasteiger partial charge on any atom is -0.480 e. The number of nitrogens with one attached hydrogen (secondary N) is 1. The standard InChI is InChI=1S/C17H24BrN3O3.ClH/c1-12(17(24)19-15-6-4-3-5-14(15)18)21-9-7-13(8-10-21)20(2)11-16(22)23;/h3-6,12-13H,7-11H2,1-2H3,(H,19,24)(H,22,23);1H. The molecule has 0 bridgehead atoms. The van der Waals surface area contributed by atoms with Crippen molar-refractivity contribution in [2.24, 2.45) is 0 Å². The van der Waals surface area contributed by atoms with Crippen LogP contribution in [0.4, 0.5) is 5.69 Å². The molecule has 140 valence electrons. The predicted molar refractivity (Wildman–Crippen MR) is 104 cm³/mol. The van der Waals surface area contributed by atoms with E-state index in [0.717, 1.165) is 36.1 Å². The van der Waals surface area contributed by atoms with Crippen molar-refractivity contribution in [3.63, 3.8) is 0 Å². The normalized spacial score (nSPS) is 17.0. The molecule has 1 fully saturated rings. The molecule has 0 aromatic heterocycles. The van der Waals surface area contributed by atoms with Crippen molar-refractivity contribution >= 4 is 45.9 Å². The molecule has 2 N–H and O–H groups in total. The lowest BCUT2D eigenvalue weighted by Gasteiger charge is -2.38. The highest BCUT2D eigenvalue weighted by atomic mass is 79.9. The molecule has 1 aromatic rings. The molecule has 1 amide bonds. The first-order valence-electron chi connectivity index (χ1n) is 8.10. The second-order valence-corrected chi connectivity index (χ2v) is 7.08. The maximum Gasteiger partial charge on any atom is 0.317 e. The number of carbonyl (C=O) groups is 2. The average molecular weight is 435 g/mol. The minimum absolute atomic E-state index is 0. The lowest BCUT2D eigenvalue weighted by molar-refractivity contribution is -0.138. The zero-order valence-electron chi connectivity index (χ0n) is 14.4. The van der Waals surface area contributed by atoms with Crippen LogP contribution in [0.1, 0.15) is 19.8 Å². The Hall–Kier alpha value is -1.15. The number of anilines is 1. The molecule has 1 aromatic carbocycles. The van der Waals surface area contributed by atoms with Crippen molar-refractivity contribution in [3.05, 3.63) is 28.7 Å². The van der Waals surface area contributed by atoms with Crippen LogP contribution in [0.2, 0.25) is 0 Å². The molecule has 1 aliphatic rings. The molecule has 25 heavy (non-hydrogen) atoms. The number of aliphatic carboxylic acids is 1. The van der Waals surface area contributed by atoms with Crippen LogP contribution in [0.5, 0.6) is 0 Å². The van der Waals surface area contributed by atoms with Crippen molar-refractivity contribution in [1.82, 2.24) is 9.80 Å². The van der Waals surface area contributed by atoms with Crippen molar-refractivity contribution < 1.29 is 14.7 Å². The molecule has 0 aliphatic carbocycles. The SMILES string of the molecule is CC(C(=O)Nc1ccccc1Br)N1CCC(N(C)CC(=O)O)CC1.Cl. The molecule has 1 saturated heterocycles. The summed E-state index contributed by atoms with van der Waals surface area (Å²) in [5, 5.41) is 11.8. The Labute approximate surface area is 163 Å². The topological polar surface area (TPSA) is 72.9 Å². The number of benzene rings is 1. The number of carboxylic acids is 1. The number of piperidine rings is 1. The van der Waals surface area contributed by atoms with Gasteiger partial charge >= 0.3 is 5.97 Å². The second-order valence-electron chi connectivity index (χ2n) is 6.22. The first kappa shape index (κ1) is 21.9. The van der Waals surface area contributed by atoms with Crippen LogP contribution in [0.15, 0.2) is 28.7 Å². The molecular formula is C17H25BrClN3O3. The minimum atomic E-state index is -0.805. The van der Waals surface area contributed by atoms with E-state index in [-0.39, 0.29) is 36.9 Å². The Morgan fingerprint density at radius 3 is 2.52 bits per heavy atom. The molecular weight excluding hydrogens is 410 g/mol. The number of carbonyl (C=O) groups excluding carboxylic acids is 1. The molecule has 2 rings (SSSR count). The number of carboxylic acid groups (broad SMARTS) is 1. The number of amides is 1. The van der Waals surface area contributed by atoms with E-state index in [4.69, 9.17) is 5.11 Å². The van der Waals surface area contributed by atoms with Gasteiger partial charge in [0.1, 0.15) is 0 Å². The number of likely N-dealkylation sites (tertiary alicyclic amines) is 1. The fraction of sp³-hybridized carbons (Fsp3) is 0.529. The van der Waals surface area contributed by atoms with Gasteiger partial charge in [-0.05, 0) is 54.9 Å². The number of nitrogens with zero attached hydrogens (tertiary/aromatic N) is 2. The van der Waals surface area contributed by atoms with Gasteiger partial charge in [-0.1, -0.05) is 12.1 Å². The van der Waals surface area contributed by atoms with Crippen molar-refractivity contribution in [1.29, 1.82) is 0 Å². The Kier molecular flexibility index (Phi) is 8.85. The number of likely N-dealkylation sites (N-methyl/N-ethyl adjacent to an activating group) is 1. The van der Waals surface area contributed by atoms with Gasteiger partial charge in [0.25, 0.3) is 0 Å². The van der Waals surface area contributed by atoms with E-state index in [1.165, 1.54) is 0 Å². The first-order chi connectivity index (χ1) is 11.4. The lowest BCUT2D eigenvalue weighted by atomic mass is 10.0. The summed E-state index contributed by atoms with van der Waals surface area (Å²) in [6.07, 6.45) is 1.74. The Bertz CT molecular complexity index is 594. The number of para-hydroxylation sites is 1. The van der Waals surface area contributed by atoms with Gasteiger partial charge in [-0.15, -0.1) is 12.4 Å². The highest BCUT2D eigenvalue weighted by Crippen LogP contribution is 2.22. The van der Waals surface area contributed by atoms with Crippen LogP contribution in [-0.2, 0) is 9.59 Å². The van der Waals surface area contributed by atoms with E-state index in [2.05, 4.69) is 26.1 Å². The maximum absolute atomic E-state index is 12.5. The van der Waals surface area contributed by atoms with Crippen LogP contribution in [-0.4, -0.2) is 65.5 Å². The smallest absolute Gasteiger partial charge is 0.317 e. The monoisotopic (exact) mass is 433 g/mol. The van der Waals surface area contributed by atoms with E-state index in [0.29, 0.717) is 0 Å². The van der Waals surface area contributed by atoms with Gasteiger partial charge in [0, 0.05) is 23.6 Å². The average Bonchev–Trinajstić information content (AvgIpc) is 2.55. The molecule has 1 atom stereocenters. The molecule has 0 radical (unpaired) electrons. The molecule has 1 heterocycles. The van der Waals surface area contributed by atoms with Crippen molar-refractivity contribution in [2.75, 3.05) is 32.0 Å². The van der Waals surface area contributed by atoms with Crippen molar-refractivity contribution in [2.45, 2.75) is 31.8 Å². The van der Waals surface area contributed by atoms with E-state index in [1.54, 1.807) is 0 Å². The number of halogens is 2. The van der Waals surface area contributed by atoms with Gasteiger partial charge in [0.05, 0.1) is 18.3 Å². The Balaban J connectivity index is 0.00000312. The molecule has 1 aliphatic heterocycles. The fourth-order valence-electron chi connectivity index (χ4n) is 3.02. The van der Waals surface area contributed by atoms with Crippen molar-refractivity contribution in [3.8, 4) is 0 Å². The molecule has 0 saturated carbocycles. The third-order valence-corrected chi connectivity index (χ3v) is 5.26. The summed E-state index contributed by atoms with van der Waals surface area (Å²) in [6, 6.07) is 7.58. The van der Waals surface area contributed by atoms with E-state index in [9.17, 15) is 9.59 Å².